The molecule has 0 bridgehead atoms. The van der Waals surface area contributed by atoms with Crippen LogP contribution in [0.25, 0.3) is 0 Å². The molecular formula is C30H37S2+. The predicted molar refractivity (Wildman–Crippen MR) is 141 cm³/mol. The number of aryl methyl sites for hydroxylation is 1. The highest BCUT2D eigenvalue weighted by atomic mass is 32.2. The molecule has 0 spiro atoms. The normalized spacial score (nSPS) is 13.0. The molecule has 32 heavy (non-hydrogen) atoms. The van der Waals surface area contributed by atoms with E-state index in [1.807, 2.05) is 11.8 Å². The fourth-order valence-corrected chi connectivity index (χ4v) is 8.24. The van der Waals surface area contributed by atoms with Gasteiger partial charge >= 0.3 is 0 Å². The van der Waals surface area contributed by atoms with Crippen molar-refractivity contribution in [3.05, 3.63) is 78.4 Å². The van der Waals surface area contributed by atoms with Gasteiger partial charge in [0.2, 0.25) is 0 Å². The van der Waals surface area contributed by atoms with Crippen LogP contribution in [0, 0.1) is 0 Å². The van der Waals surface area contributed by atoms with Crippen LogP contribution in [0.15, 0.2) is 97.3 Å². The Labute approximate surface area is 202 Å². The van der Waals surface area contributed by atoms with Gasteiger partial charge in [0.1, 0.15) is 10.9 Å². The molecule has 1 heterocycles. The quantitative estimate of drug-likeness (QED) is 0.149. The predicted octanol–water partition coefficient (Wildman–Crippen LogP) is 9.71. The van der Waals surface area contributed by atoms with Crippen molar-refractivity contribution in [2.75, 3.05) is 0 Å². The summed E-state index contributed by atoms with van der Waals surface area (Å²) in [6.07, 6.45) is 15.2. The first kappa shape index (κ1) is 23.5. The average molecular weight is 462 g/mol. The first-order chi connectivity index (χ1) is 15.9. The number of benzene rings is 3. The molecule has 0 unspecified atom stereocenters. The van der Waals surface area contributed by atoms with Crippen molar-refractivity contribution >= 4 is 22.7 Å². The molecule has 0 amide bonds. The lowest BCUT2D eigenvalue weighted by atomic mass is 10.0. The van der Waals surface area contributed by atoms with Crippen LogP contribution in [0.4, 0.5) is 0 Å². The van der Waals surface area contributed by atoms with Gasteiger partial charge in [-0.25, -0.2) is 0 Å². The second-order valence-corrected chi connectivity index (χ2v) is 11.9. The van der Waals surface area contributed by atoms with Crippen LogP contribution < -0.4 is 0 Å². The summed E-state index contributed by atoms with van der Waals surface area (Å²) in [5.41, 5.74) is 1.49. The summed E-state index contributed by atoms with van der Waals surface area (Å²) < 4.78 is 0. The van der Waals surface area contributed by atoms with Crippen molar-refractivity contribution in [1.82, 2.24) is 0 Å². The number of hydrogen-bond acceptors (Lipinski definition) is 1. The molecule has 3 aromatic carbocycles. The number of hydrogen-bond donors (Lipinski definition) is 0. The molecule has 1 aliphatic heterocycles. The molecule has 168 valence electrons. The fourth-order valence-electron chi connectivity index (χ4n) is 4.51. The molecule has 0 saturated heterocycles. The molecule has 0 nitrogen and oxygen atoms in total. The van der Waals surface area contributed by atoms with Gasteiger partial charge in [-0.05, 0) is 54.8 Å². The Bertz CT molecular complexity index is 915. The number of rotatable bonds is 12. The maximum Gasteiger partial charge on any atom is 0.180 e. The molecule has 1 aliphatic rings. The molecular weight excluding hydrogens is 424 g/mol. The van der Waals surface area contributed by atoms with E-state index in [1.165, 1.54) is 101 Å². The lowest BCUT2D eigenvalue weighted by Gasteiger charge is -2.18. The largest absolute Gasteiger partial charge is 0.180 e. The van der Waals surface area contributed by atoms with Gasteiger partial charge in [0, 0.05) is 0 Å². The van der Waals surface area contributed by atoms with Crippen LogP contribution in [0.1, 0.15) is 76.7 Å². The van der Waals surface area contributed by atoms with Gasteiger partial charge in [-0.2, -0.15) is 0 Å². The average Bonchev–Trinajstić information content (AvgIpc) is 2.84. The highest BCUT2D eigenvalue weighted by Crippen LogP contribution is 2.47. The SMILES string of the molecule is CCCCCCCCCCCCc1ccc([S+]2c3ccccc3Sc3ccccc32)cc1. The summed E-state index contributed by atoms with van der Waals surface area (Å²) in [7, 11) is -0.00165. The molecule has 0 aromatic heterocycles. The fraction of sp³-hybridized carbons (Fsp3) is 0.400. The third-order valence-electron chi connectivity index (χ3n) is 6.34. The molecule has 0 aliphatic carbocycles. The van der Waals surface area contributed by atoms with E-state index in [2.05, 4.69) is 79.7 Å². The van der Waals surface area contributed by atoms with Crippen molar-refractivity contribution < 1.29 is 0 Å². The topological polar surface area (TPSA) is 0 Å². The number of unbranched alkanes of at least 4 members (excludes halogenated alkanes) is 9. The van der Waals surface area contributed by atoms with Crippen LogP contribution in [-0.2, 0) is 17.3 Å². The van der Waals surface area contributed by atoms with Crippen LogP contribution in [0.5, 0.6) is 0 Å². The summed E-state index contributed by atoms with van der Waals surface area (Å²) in [5.74, 6) is 0. The summed E-state index contributed by atoms with van der Waals surface area (Å²) in [6, 6.07) is 27.4. The summed E-state index contributed by atoms with van der Waals surface area (Å²) in [4.78, 5) is 7.20. The van der Waals surface area contributed by atoms with E-state index in [-0.39, 0.29) is 10.9 Å². The highest BCUT2D eigenvalue weighted by Gasteiger charge is 2.37. The minimum atomic E-state index is -0.00165. The van der Waals surface area contributed by atoms with E-state index >= 15 is 0 Å². The zero-order chi connectivity index (χ0) is 22.0. The minimum Gasteiger partial charge on any atom is -0.0795 e. The molecule has 4 rings (SSSR count). The van der Waals surface area contributed by atoms with Crippen molar-refractivity contribution in [2.45, 2.75) is 102 Å². The standard InChI is InChI=1S/C30H37S2/c1-2-3-4-5-6-7-8-9-10-11-16-25-21-23-26(24-22-25)32-29-19-14-12-17-27(29)31-28-18-13-15-20-30(28)32/h12-15,17-24H,2-11,16H2,1H3/q+1. The maximum atomic E-state index is 2.39. The van der Waals surface area contributed by atoms with E-state index < -0.39 is 0 Å². The summed E-state index contributed by atoms with van der Waals surface area (Å²) in [6.45, 7) is 2.29. The van der Waals surface area contributed by atoms with Gasteiger partial charge < -0.3 is 0 Å². The van der Waals surface area contributed by atoms with Crippen LogP contribution >= 0.6 is 11.8 Å². The molecule has 3 aromatic rings. The van der Waals surface area contributed by atoms with Crippen molar-refractivity contribution in [2.24, 2.45) is 0 Å². The zero-order valence-corrected chi connectivity index (χ0v) is 21.2. The van der Waals surface area contributed by atoms with E-state index in [4.69, 9.17) is 0 Å². The molecule has 2 heteroatoms. The van der Waals surface area contributed by atoms with E-state index in [0.29, 0.717) is 0 Å². The Morgan fingerprint density at radius 3 is 1.62 bits per heavy atom. The maximum absolute atomic E-state index is 2.39. The zero-order valence-electron chi connectivity index (χ0n) is 19.5. The van der Waals surface area contributed by atoms with Crippen LogP contribution in [-0.4, -0.2) is 0 Å². The number of fused-ring (bicyclic) bond motifs is 2. The molecule has 0 atom stereocenters. The molecule has 0 N–H and O–H groups in total. The monoisotopic (exact) mass is 461 g/mol. The van der Waals surface area contributed by atoms with Gasteiger partial charge in [0.15, 0.2) is 14.7 Å². The Morgan fingerprint density at radius 1 is 0.562 bits per heavy atom. The van der Waals surface area contributed by atoms with Gasteiger partial charge in [-0.3, -0.25) is 0 Å². The van der Waals surface area contributed by atoms with Gasteiger partial charge in [0.25, 0.3) is 0 Å². The first-order valence-electron chi connectivity index (χ1n) is 12.6. The molecule has 0 saturated carbocycles. The smallest absolute Gasteiger partial charge is 0.0795 e. The van der Waals surface area contributed by atoms with E-state index in [1.54, 1.807) is 0 Å². The first-order valence-corrected chi connectivity index (χ1v) is 14.6. The molecule has 0 radical (unpaired) electrons. The van der Waals surface area contributed by atoms with E-state index in [9.17, 15) is 0 Å². The van der Waals surface area contributed by atoms with E-state index in [0.717, 1.165) is 0 Å². The van der Waals surface area contributed by atoms with Gasteiger partial charge in [-0.15, -0.1) is 0 Å². The van der Waals surface area contributed by atoms with Crippen molar-refractivity contribution in [3.8, 4) is 0 Å². The summed E-state index contributed by atoms with van der Waals surface area (Å²) >= 11 is 1.91. The minimum absolute atomic E-state index is 0.00165. The van der Waals surface area contributed by atoms with Gasteiger partial charge in [0.05, 0.1) is 9.79 Å². The second-order valence-electron chi connectivity index (χ2n) is 8.88. The van der Waals surface area contributed by atoms with Crippen LogP contribution in [0.3, 0.4) is 0 Å². The Morgan fingerprint density at radius 2 is 1.06 bits per heavy atom. The highest BCUT2D eigenvalue weighted by molar-refractivity contribution is 8.04. The third-order valence-corrected chi connectivity index (χ3v) is 10.1. The second kappa shape index (κ2) is 12.6. The Hall–Kier alpha value is -1.64. The van der Waals surface area contributed by atoms with Gasteiger partial charge in [-0.1, -0.05) is 113 Å². The third kappa shape index (κ3) is 6.23. The lowest BCUT2D eigenvalue weighted by Crippen LogP contribution is -2.10. The lowest BCUT2D eigenvalue weighted by molar-refractivity contribution is 0.556. The van der Waals surface area contributed by atoms with Crippen molar-refractivity contribution in [1.29, 1.82) is 0 Å². The Balaban J connectivity index is 1.29. The van der Waals surface area contributed by atoms with Crippen molar-refractivity contribution in [3.63, 3.8) is 0 Å². The Kier molecular flexibility index (Phi) is 9.23. The van der Waals surface area contributed by atoms with Crippen LogP contribution in [0.2, 0.25) is 0 Å². The molecule has 0 fully saturated rings. The summed E-state index contributed by atoms with van der Waals surface area (Å²) in [5, 5.41) is 0.